The van der Waals surface area contributed by atoms with E-state index >= 15 is 0 Å². The molecule has 1 aromatic rings. The number of hydroxylamine groups is 2. The molecule has 0 bridgehead atoms. The van der Waals surface area contributed by atoms with Gasteiger partial charge in [0, 0.05) is 7.11 Å². The molecule has 8 heteroatoms. The lowest BCUT2D eigenvalue weighted by Gasteiger charge is -2.29. The van der Waals surface area contributed by atoms with Crippen molar-refractivity contribution in [3.8, 4) is 0 Å². The summed E-state index contributed by atoms with van der Waals surface area (Å²) in [7, 11) is 1.12. The quantitative estimate of drug-likeness (QED) is 0.461. The molecule has 1 aromatic carbocycles. The standard InChI is InChI=1S/C17H19NO7/c1-16(2,3)24-14(21)17(4,23-5)15(22)25-18-12(19)10-8-6-7-9-11(10)13(18)20/h6-9H,1-5H3. The van der Waals surface area contributed by atoms with Crippen LogP contribution in [-0.4, -0.2) is 47.1 Å². The summed E-state index contributed by atoms with van der Waals surface area (Å²) in [6.07, 6.45) is 0. The van der Waals surface area contributed by atoms with Gasteiger partial charge in [-0.25, -0.2) is 9.59 Å². The van der Waals surface area contributed by atoms with Crippen LogP contribution in [0.25, 0.3) is 0 Å². The van der Waals surface area contributed by atoms with E-state index in [4.69, 9.17) is 14.3 Å². The summed E-state index contributed by atoms with van der Waals surface area (Å²) < 4.78 is 10.1. The van der Waals surface area contributed by atoms with Crippen molar-refractivity contribution in [1.82, 2.24) is 5.06 Å². The number of rotatable bonds is 4. The van der Waals surface area contributed by atoms with Crippen LogP contribution in [0.1, 0.15) is 48.4 Å². The number of carbonyl (C=O) groups is 4. The Kier molecular flexibility index (Phi) is 4.68. The van der Waals surface area contributed by atoms with Crippen LogP contribution in [0.15, 0.2) is 24.3 Å². The zero-order valence-corrected chi connectivity index (χ0v) is 14.6. The first-order chi connectivity index (χ1) is 11.5. The SMILES string of the molecule is COC(C)(C(=O)ON1C(=O)c2ccccc2C1=O)C(=O)OC(C)(C)C. The molecule has 0 saturated carbocycles. The number of nitrogens with zero attached hydrogens (tertiary/aromatic N) is 1. The number of methoxy groups -OCH3 is 1. The lowest BCUT2D eigenvalue weighted by atomic mass is 10.1. The normalized spacial score (nSPS) is 16.3. The summed E-state index contributed by atoms with van der Waals surface area (Å²) in [5, 5.41) is 0.314. The van der Waals surface area contributed by atoms with Crippen molar-refractivity contribution in [2.75, 3.05) is 7.11 Å². The molecule has 0 saturated heterocycles. The summed E-state index contributed by atoms with van der Waals surface area (Å²) in [5.74, 6) is -3.82. The van der Waals surface area contributed by atoms with Crippen molar-refractivity contribution < 1.29 is 33.5 Å². The van der Waals surface area contributed by atoms with Crippen molar-refractivity contribution in [3.63, 3.8) is 0 Å². The van der Waals surface area contributed by atoms with Crippen LogP contribution in [0.4, 0.5) is 0 Å². The smallest absolute Gasteiger partial charge is 0.376 e. The first-order valence-electron chi connectivity index (χ1n) is 7.50. The minimum atomic E-state index is -2.14. The Labute approximate surface area is 144 Å². The van der Waals surface area contributed by atoms with Gasteiger partial charge in [0.15, 0.2) is 0 Å². The largest absolute Gasteiger partial charge is 0.457 e. The van der Waals surface area contributed by atoms with E-state index in [1.54, 1.807) is 32.9 Å². The highest BCUT2D eigenvalue weighted by Crippen LogP contribution is 2.25. The summed E-state index contributed by atoms with van der Waals surface area (Å²) in [5.41, 5.74) is -2.79. The Bertz CT molecular complexity index is 715. The zero-order chi connectivity index (χ0) is 19.0. The molecule has 0 fully saturated rings. The Hall–Kier alpha value is -2.74. The fraction of sp³-hybridized carbons (Fsp3) is 0.412. The predicted molar refractivity (Wildman–Crippen MR) is 84.3 cm³/mol. The Morgan fingerprint density at radius 1 is 0.920 bits per heavy atom. The minimum Gasteiger partial charge on any atom is -0.457 e. The summed E-state index contributed by atoms with van der Waals surface area (Å²) >= 11 is 0. The topological polar surface area (TPSA) is 99.2 Å². The van der Waals surface area contributed by atoms with E-state index < -0.39 is 35.0 Å². The molecule has 134 valence electrons. The molecular weight excluding hydrogens is 330 g/mol. The van der Waals surface area contributed by atoms with Crippen molar-refractivity contribution in [3.05, 3.63) is 35.4 Å². The molecule has 8 nitrogen and oxygen atoms in total. The van der Waals surface area contributed by atoms with Crippen LogP contribution in [0.5, 0.6) is 0 Å². The second-order valence-electron chi connectivity index (χ2n) is 6.57. The maximum absolute atomic E-state index is 12.4. The van der Waals surface area contributed by atoms with E-state index in [2.05, 4.69) is 0 Å². The Morgan fingerprint density at radius 3 is 1.80 bits per heavy atom. The molecule has 0 N–H and O–H groups in total. The average molecular weight is 349 g/mol. The lowest BCUT2D eigenvalue weighted by molar-refractivity contribution is -0.205. The van der Waals surface area contributed by atoms with Crippen molar-refractivity contribution in [2.24, 2.45) is 0 Å². The number of ether oxygens (including phenoxy) is 2. The van der Waals surface area contributed by atoms with E-state index in [-0.39, 0.29) is 11.1 Å². The minimum absolute atomic E-state index is 0.108. The molecule has 0 aromatic heterocycles. The van der Waals surface area contributed by atoms with Crippen LogP contribution in [0.2, 0.25) is 0 Å². The second-order valence-corrected chi connectivity index (χ2v) is 6.57. The van der Waals surface area contributed by atoms with Gasteiger partial charge in [0.05, 0.1) is 11.1 Å². The number of esters is 1. The van der Waals surface area contributed by atoms with E-state index in [1.165, 1.54) is 12.1 Å². The number of benzene rings is 1. The van der Waals surface area contributed by atoms with Gasteiger partial charge in [-0.2, -0.15) is 0 Å². The van der Waals surface area contributed by atoms with Crippen LogP contribution in [-0.2, 0) is 23.9 Å². The molecular formula is C17H19NO7. The van der Waals surface area contributed by atoms with Gasteiger partial charge in [-0.1, -0.05) is 17.2 Å². The van der Waals surface area contributed by atoms with Crippen LogP contribution >= 0.6 is 0 Å². The van der Waals surface area contributed by atoms with Crippen LogP contribution in [0.3, 0.4) is 0 Å². The number of hydrogen-bond donors (Lipinski definition) is 0. The van der Waals surface area contributed by atoms with Gasteiger partial charge in [0.2, 0.25) is 0 Å². The molecule has 1 unspecified atom stereocenters. The average Bonchev–Trinajstić information content (AvgIpc) is 2.77. The van der Waals surface area contributed by atoms with Crippen molar-refractivity contribution in [1.29, 1.82) is 0 Å². The molecule has 1 heterocycles. The number of fused-ring (bicyclic) bond motifs is 1. The van der Waals surface area contributed by atoms with Crippen molar-refractivity contribution >= 4 is 23.8 Å². The van der Waals surface area contributed by atoms with Gasteiger partial charge >= 0.3 is 11.9 Å². The Balaban J connectivity index is 2.22. The predicted octanol–water partition coefficient (Wildman–Crippen LogP) is 1.49. The Morgan fingerprint density at radius 2 is 1.40 bits per heavy atom. The summed E-state index contributed by atoms with van der Waals surface area (Å²) in [6, 6.07) is 6.03. The van der Waals surface area contributed by atoms with E-state index in [0.717, 1.165) is 14.0 Å². The van der Waals surface area contributed by atoms with Gasteiger partial charge in [-0.05, 0) is 39.8 Å². The molecule has 1 aliphatic heterocycles. The zero-order valence-electron chi connectivity index (χ0n) is 14.6. The summed E-state index contributed by atoms with van der Waals surface area (Å²) in [4.78, 5) is 54.0. The molecule has 0 spiro atoms. The van der Waals surface area contributed by atoms with E-state index in [0.29, 0.717) is 5.06 Å². The van der Waals surface area contributed by atoms with E-state index in [9.17, 15) is 19.2 Å². The fourth-order valence-corrected chi connectivity index (χ4v) is 2.05. The monoisotopic (exact) mass is 349 g/mol. The molecule has 2 rings (SSSR count). The third-order valence-electron chi connectivity index (χ3n) is 3.52. The molecule has 1 atom stereocenters. The van der Waals surface area contributed by atoms with Gasteiger partial charge < -0.3 is 14.3 Å². The molecule has 0 radical (unpaired) electrons. The molecule has 25 heavy (non-hydrogen) atoms. The lowest BCUT2D eigenvalue weighted by Crippen LogP contribution is -2.52. The maximum Gasteiger partial charge on any atom is 0.376 e. The second kappa shape index (κ2) is 6.29. The highest BCUT2D eigenvalue weighted by molar-refractivity contribution is 6.21. The van der Waals surface area contributed by atoms with Crippen LogP contribution in [0, 0.1) is 0 Å². The van der Waals surface area contributed by atoms with Gasteiger partial charge in [0.25, 0.3) is 17.4 Å². The van der Waals surface area contributed by atoms with E-state index in [1.807, 2.05) is 0 Å². The maximum atomic E-state index is 12.4. The van der Waals surface area contributed by atoms with Gasteiger partial charge in [0.1, 0.15) is 5.60 Å². The number of imide groups is 1. The third-order valence-corrected chi connectivity index (χ3v) is 3.52. The first kappa shape index (κ1) is 18.6. The molecule has 2 amide bonds. The van der Waals surface area contributed by atoms with Gasteiger partial charge in [-0.3, -0.25) is 9.59 Å². The molecule has 0 aliphatic carbocycles. The van der Waals surface area contributed by atoms with Crippen LogP contribution < -0.4 is 0 Å². The summed E-state index contributed by atoms with van der Waals surface area (Å²) in [6.45, 7) is 6.00. The third kappa shape index (κ3) is 3.39. The number of amides is 2. The van der Waals surface area contributed by atoms with Gasteiger partial charge in [-0.15, -0.1) is 0 Å². The number of hydrogen-bond acceptors (Lipinski definition) is 7. The fourth-order valence-electron chi connectivity index (χ4n) is 2.05. The first-order valence-corrected chi connectivity index (χ1v) is 7.50. The highest BCUT2D eigenvalue weighted by Gasteiger charge is 2.50. The van der Waals surface area contributed by atoms with Crippen molar-refractivity contribution in [2.45, 2.75) is 38.9 Å². The molecule has 1 aliphatic rings. The number of carbonyl (C=O) groups excluding carboxylic acids is 4. The highest BCUT2D eigenvalue weighted by atomic mass is 16.7.